The summed E-state index contributed by atoms with van der Waals surface area (Å²) in [6.45, 7) is 2.17. The van der Waals surface area contributed by atoms with Gasteiger partial charge in [-0.3, -0.25) is 5.10 Å². The minimum Gasteiger partial charge on any atom is -0.381 e. The van der Waals surface area contributed by atoms with Crippen LogP contribution in [0, 0.1) is 5.82 Å². The molecular weight excluding hydrogens is 353 g/mol. The van der Waals surface area contributed by atoms with E-state index in [-0.39, 0.29) is 11.4 Å². The summed E-state index contributed by atoms with van der Waals surface area (Å²) in [5.41, 5.74) is 3.08. The van der Waals surface area contributed by atoms with Crippen LogP contribution >= 0.6 is 11.6 Å². The minimum atomic E-state index is -0.305. The Hall–Kier alpha value is -1.95. The minimum absolute atomic E-state index is 0.108. The van der Waals surface area contributed by atoms with Crippen molar-refractivity contribution in [3.05, 3.63) is 64.6 Å². The summed E-state index contributed by atoms with van der Waals surface area (Å²) in [6, 6.07) is 10.9. The molecule has 0 amide bonds. The van der Waals surface area contributed by atoms with Gasteiger partial charge in [0.05, 0.1) is 11.7 Å². The standard InChI is InChI=1S/C20H21ClFN3O/c21-18-10-17(22)4-3-15(18)11-20(5-7-26-8-6-20)23-12-14-1-2-16-13-24-25-19(16)9-14/h1-4,9-10,13,23H,5-8,11-12H2,(H,24,25). The van der Waals surface area contributed by atoms with Gasteiger partial charge in [-0.2, -0.15) is 5.10 Å². The van der Waals surface area contributed by atoms with Gasteiger partial charge in [0.1, 0.15) is 5.82 Å². The van der Waals surface area contributed by atoms with E-state index >= 15 is 0 Å². The molecule has 0 spiro atoms. The van der Waals surface area contributed by atoms with Gasteiger partial charge in [-0.1, -0.05) is 29.8 Å². The summed E-state index contributed by atoms with van der Waals surface area (Å²) in [6.07, 6.45) is 4.37. The lowest BCUT2D eigenvalue weighted by Gasteiger charge is -2.39. The first-order chi connectivity index (χ1) is 12.6. The van der Waals surface area contributed by atoms with E-state index in [1.807, 2.05) is 6.20 Å². The Morgan fingerprint density at radius 2 is 2.04 bits per heavy atom. The smallest absolute Gasteiger partial charge is 0.124 e. The number of fused-ring (bicyclic) bond motifs is 1. The zero-order valence-electron chi connectivity index (χ0n) is 14.4. The molecule has 26 heavy (non-hydrogen) atoms. The van der Waals surface area contributed by atoms with Crippen LogP contribution in [-0.4, -0.2) is 29.0 Å². The van der Waals surface area contributed by atoms with E-state index in [9.17, 15) is 4.39 Å². The van der Waals surface area contributed by atoms with Gasteiger partial charge >= 0.3 is 0 Å². The summed E-state index contributed by atoms with van der Waals surface area (Å²) in [5, 5.41) is 12.4. The fraction of sp³-hybridized carbons (Fsp3) is 0.350. The Kier molecular flexibility index (Phi) is 4.94. The second-order valence-electron chi connectivity index (χ2n) is 6.95. The van der Waals surface area contributed by atoms with Crippen molar-refractivity contribution in [1.29, 1.82) is 0 Å². The Morgan fingerprint density at radius 3 is 2.85 bits per heavy atom. The number of nitrogens with zero attached hydrogens (tertiary/aromatic N) is 1. The summed E-state index contributed by atoms with van der Waals surface area (Å²) in [4.78, 5) is 0. The molecule has 3 aromatic rings. The highest BCUT2D eigenvalue weighted by molar-refractivity contribution is 6.31. The number of benzene rings is 2. The number of ether oxygens (including phenoxy) is 1. The fourth-order valence-corrected chi connectivity index (χ4v) is 3.83. The van der Waals surface area contributed by atoms with Crippen molar-refractivity contribution in [3.8, 4) is 0 Å². The molecule has 0 aliphatic carbocycles. The zero-order valence-corrected chi connectivity index (χ0v) is 15.2. The molecule has 1 aliphatic heterocycles. The molecule has 2 N–H and O–H groups in total. The van der Waals surface area contributed by atoms with Gasteiger partial charge in [-0.25, -0.2) is 4.39 Å². The lowest BCUT2D eigenvalue weighted by Crippen LogP contribution is -2.50. The summed E-state index contributed by atoms with van der Waals surface area (Å²) in [5.74, 6) is -0.305. The highest BCUT2D eigenvalue weighted by Crippen LogP contribution is 2.29. The third kappa shape index (κ3) is 3.75. The molecule has 136 valence electrons. The lowest BCUT2D eigenvalue weighted by atomic mass is 9.83. The maximum absolute atomic E-state index is 13.4. The first kappa shape index (κ1) is 17.5. The molecule has 1 saturated heterocycles. The van der Waals surface area contributed by atoms with Gasteiger partial charge in [0.15, 0.2) is 0 Å². The van der Waals surface area contributed by atoms with E-state index in [2.05, 4.69) is 33.7 Å². The van der Waals surface area contributed by atoms with Gasteiger partial charge in [-0.15, -0.1) is 0 Å². The highest BCUT2D eigenvalue weighted by atomic mass is 35.5. The number of aromatic amines is 1. The zero-order chi connectivity index (χ0) is 18.0. The monoisotopic (exact) mass is 373 g/mol. The van der Waals surface area contributed by atoms with E-state index in [0.717, 1.165) is 42.3 Å². The first-order valence-corrected chi connectivity index (χ1v) is 9.20. The van der Waals surface area contributed by atoms with Gasteiger partial charge in [0.25, 0.3) is 0 Å². The van der Waals surface area contributed by atoms with Crippen LogP contribution in [0.3, 0.4) is 0 Å². The maximum atomic E-state index is 13.4. The van der Waals surface area contributed by atoms with Crippen molar-refractivity contribution in [1.82, 2.24) is 15.5 Å². The van der Waals surface area contributed by atoms with Crippen LogP contribution in [0.4, 0.5) is 4.39 Å². The fourth-order valence-electron chi connectivity index (χ4n) is 3.59. The molecule has 1 aromatic heterocycles. The lowest BCUT2D eigenvalue weighted by molar-refractivity contribution is 0.0373. The van der Waals surface area contributed by atoms with Crippen molar-refractivity contribution in [2.24, 2.45) is 0 Å². The molecule has 2 aromatic carbocycles. The summed E-state index contributed by atoms with van der Waals surface area (Å²) >= 11 is 6.27. The number of hydrogen-bond acceptors (Lipinski definition) is 3. The van der Waals surface area contributed by atoms with Crippen molar-refractivity contribution < 1.29 is 9.13 Å². The van der Waals surface area contributed by atoms with Crippen LogP contribution in [0.1, 0.15) is 24.0 Å². The molecule has 4 rings (SSSR count). The van der Waals surface area contributed by atoms with Gasteiger partial charge < -0.3 is 10.1 Å². The molecule has 0 unspecified atom stereocenters. The van der Waals surface area contributed by atoms with Gasteiger partial charge in [0, 0.05) is 35.7 Å². The van der Waals surface area contributed by atoms with Crippen molar-refractivity contribution in [2.45, 2.75) is 31.3 Å². The average molecular weight is 374 g/mol. The second kappa shape index (κ2) is 7.35. The van der Waals surface area contributed by atoms with Crippen molar-refractivity contribution in [3.63, 3.8) is 0 Å². The Balaban J connectivity index is 1.53. The molecule has 1 aliphatic rings. The molecule has 0 bridgehead atoms. The molecule has 1 fully saturated rings. The summed E-state index contributed by atoms with van der Waals surface area (Å²) in [7, 11) is 0. The molecular formula is C20H21ClFN3O. The number of aromatic nitrogens is 2. The molecule has 0 atom stereocenters. The van der Waals surface area contributed by atoms with Crippen molar-refractivity contribution >= 4 is 22.5 Å². The van der Waals surface area contributed by atoms with Crippen molar-refractivity contribution in [2.75, 3.05) is 13.2 Å². The van der Waals surface area contributed by atoms with Crippen LogP contribution in [-0.2, 0) is 17.7 Å². The van der Waals surface area contributed by atoms with E-state index < -0.39 is 0 Å². The van der Waals surface area contributed by atoms with Gasteiger partial charge in [-0.05, 0) is 48.6 Å². The number of halogens is 2. The predicted molar refractivity (Wildman–Crippen MR) is 101 cm³/mol. The van der Waals surface area contributed by atoms with E-state index in [1.165, 1.54) is 17.7 Å². The number of hydrogen-bond donors (Lipinski definition) is 2. The Morgan fingerprint density at radius 1 is 1.19 bits per heavy atom. The topological polar surface area (TPSA) is 49.9 Å². The normalized spacial score (nSPS) is 16.8. The SMILES string of the molecule is Fc1ccc(CC2(NCc3ccc4cn[nH]c4c3)CCOCC2)c(Cl)c1. The number of nitrogens with one attached hydrogen (secondary N) is 2. The molecule has 0 saturated carbocycles. The number of rotatable bonds is 5. The van der Waals surface area contributed by atoms with Crippen LogP contribution < -0.4 is 5.32 Å². The van der Waals surface area contributed by atoms with Gasteiger partial charge in [0.2, 0.25) is 0 Å². The average Bonchev–Trinajstić information content (AvgIpc) is 3.11. The third-order valence-corrected chi connectivity index (χ3v) is 5.52. The second-order valence-corrected chi connectivity index (χ2v) is 7.36. The Labute approximate surface area is 156 Å². The summed E-state index contributed by atoms with van der Waals surface area (Å²) < 4.78 is 18.9. The molecule has 6 heteroatoms. The molecule has 4 nitrogen and oxygen atoms in total. The van der Waals surface area contributed by atoms with E-state index in [1.54, 1.807) is 6.07 Å². The molecule has 2 heterocycles. The van der Waals surface area contributed by atoms with Crippen LogP contribution in [0.5, 0.6) is 0 Å². The predicted octanol–water partition coefficient (Wildman–Crippen LogP) is 4.24. The van der Waals surface area contributed by atoms with E-state index in [0.29, 0.717) is 18.2 Å². The first-order valence-electron chi connectivity index (χ1n) is 8.82. The highest BCUT2D eigenvalue weighted by Gasteiger charge is 2.33. The number of H-pyrrole nitrogens is 1. The van der Waals surface area contributed by atoms with Crippen LogP contribution in [0.2, 0.25) is 5.02 Å². The maximum Gasteiger partial charge on any atom is 0.124 e. The van der Waals surface area contributed by atoms with Crippen LogP contribution in [0.15, 0.2) is 42.6 Å². The largest absolute Gasteiger partial charge is 0.381 e. The van der Waals surface area contributed by atoms with Crippen LogP contribution in [0.25, 0.3) is 10.9 Å². The quantitative estimate of drug-likeness (QED) is 0.703. The third-order valence-electron chi connectivity index (χ3n) is 5.17. The Bertz CT molecular complexity index is 905. The van der Waals surface area contributed by atoms with E-state index in [4.69, 9.17) is 16.3 Å². The molecule has 0 radical (unpaired) electrons.